The van der Waals surface area contributed by atoms with Crippen LogP contribution in [0.5, 0.6) is 0 Å². The number of aliphatic carboxylic acids is 1. The minimum absolute atomic E-state index is 0.282. The van der Waals surface area contributed by atoms with E-state index in [9.17, 15) is 4.79 Å². The van der Waals surface area contributed by atoms with Gasteiger partial charge < -0.3 is 9.84 Å². The lowest BCUT2D eigenvalue weighted by molar-refractivity contribution is -0.138. The lowest BCUT2D eigenvalue weighted by Crippen LogP contribution is -2.30. The van der Waals surface area contributed by atoms with Crippen LogP contribution in [0.15, 0.2) is 12.4 Å². The fourth-order valence-electron chi connectivity index (χ4n) is 1.29. The highest BCUT2D eigenvalue weighted by molar-refractivity contribution is 5.75. The zero-order valence-electron chi connectivity index (χ0n) is 7.88. The smallest absolute Gasteiger partial charge is 0.310 e. The standard InChI is InChI=1S/C9H12N2O3/c1-6(9(12)13)7-2-10-11(3-7)8-4-14-5-8/h2-3,6,8H,4-5H2,1H3,(H,12,13). The van der Waals surface area contributed by atoms with Crippen molar-refractivity contribution in [3.8, 4) is 0 Å². The summed E-state index contributed by atoms with van der Waals surface area (Å²) in [7, 11) is 0. The largest absolute Gasteiger partial charge is 0.481 e. The Kier molecular flexibility index (Phi) is 2.25. The second-order valence-electron chi connectivity index (χ2n) is 3.50. The molecular weight excluding hydrogens is 184 g/mol. The SMILES string of the molecule is CC(C(=O)O)c1cnn(C2COC2)c1. The number of carboxylic acids is 1. The molecule has 5 heteroatoms. The zero-order valence-corrected chi connectivity index (χ0v) is 7.88. The monoisotopic (exact) mass is 196 g/mol. The Hall–Kier alpha value is -1.36. The Labute approximate surface area is 81.3 Å². The molecule has 1 saturated heterocycles. The molecule has 1 unspecified atom stereocenters. The fraction of sp³-hybridized carbons (Fsp3) is 0.556. The predicted octanol–water partition coefficient (Wildman–Crippen LogP) is 0.642. The number of hydrogen-bond donors (Lipinski definition) is 1. The van der Waals surface area contributed by atoms with Crippen molar-refractivity contribution in [3.05, 3.63) is 18.0 Å². The summed E-state index contributed by atoms with van der Waals surface area (Å²) in [6.45, 7) is 2.99. The predicted molar refractivity (Wildman–Crippen MR) is 48.1 cm³/mol. The molecule has 0 aliphatic carbocycles. The highest BCUT2D eigenvalue weighted by Gasteiger charge is 2.23. The number of rotatable bonds is 3. The molecule has 1 fully saturated rings. The summed E-state index contributed by atoms with van der Waals surface area (Å²) in [4.78, 5) is 10.7. The Bertz CT molecular complexity index is 344. The Morgan fingerprint density at radius 3 is 3.00 bits per heavy atom. The van der Waals surface area contributed by atoms with Gasteiger partial charge >= 0.3 is 5.97 Å². The molecule has 0 aromatic carbocycles. The van der Waals surface area contributed by atoms with E-state index in [0.717, 1.165) is 5.56 Å². The van der Waals surface area contributed by atoms with Crippen LogP contribution in [0.3, 0.4) is 0 Å². The number of aromatic nitrogens is 2. The number of hydrogen-bond acceptors (Lipinski definition) is 3. The Balaban J connectivity index is 2.12. The normalized spacial score (nSPS) is 18.9. The Morgan fingerprint density at radius 2 is 2.50 bits per heavy atom. The van der Waals surface area contributed by atoms with Crippen LogP contribution in [0.1, 0.15) is 24.4 Å². The first kappa shape index (κ1) is 9.21. The van der Waals surface area contributed by atoms with E-state index in [1.54, 1.807) is 24.0 Å². The molecule has 5 nitrogen and oxygen atoms in total. The average Bonchev–Trinajstić information content (AvgIpc) is 2.48. The molecule has 76 valence electrons. The number of ether oxygens (including phenoxy) is 1. The van der Waals surface area contributed by atoms with Crippen molar-refractivity contribution in [1.82, 2.24) is 9.78 Å². The van der Waals surface area contributed by atoms with Crippen molar-refractivity contribution in [1.29, 1.82) is 0 Å². The molecular formula is C9H12N2O3. The molecule has 0 bridgehead atoms. The van der Waals surface area contributed by atoms with Crippen molar-refractivity contribution in [3.63, 3.8) is 0 Å². The summed E-state index contributed by atoms with van der Waals surface area (Å²) in [5, 5.41) is 12.9. The molecule has 14 heavy (non-hydrogen) atoms. The maximum Gasteiger partial charge on any atom is 0.310 e. The summed E-state index contributed by atoms with van der Waals surface area (Å²) >= 11 is 0. The minimum Gasteiger partial charge on any atom is -0.481 e. The number of nitrogens with zero attached hydrogens (tertiary/aromatic N) is 2. The molecule has 0 spiro atoms. The van der Waals surface area contributed by atoms with Crippen LogP contribution in [0.4, 0.5) is 0 Å². The first-order chi connectivity index (χ1) is 6.68. The second kappa shape index (κ2) is 3.42. The van der Waals surface area contributed by atoms with Gasteiger partial charge in [-0.05, 0) is 6.92 Å². The third-order valence-corrected chi connectivity index (χ3v) is 2.49. The molecule has 0 radical (unpaired) electrons. The zero-order chi connectivity index (χ0) is 10.1. The van der Waals surface area contributed by atoms with E-state index in [1.165, 1.54) is 0 Å². The van der Waals surface area contributed by atoms with Gasteiger partial charge in [0.15, 0.2) is 0 Å². The van der Waals surface area contributed by atoms with Gasteiger partial charge in [0.2, 0.25) is 0 Å². The van der Waals surface area contributed by atoms with E-state index in [-0.39, 0.29) is 6.04 Å². The summed E-state index contributed by atoms with van der Waals surface area (Å²) in [5.74, 6) is -1.32. The van der Waals surface area contributed by atoms with Crippen LogP contribution in [-0.2, 0) is 9.53 Å². The summed E-state index contributed by atoms with van der Waals surface area (Å²) in [6.07, 6.45) is 3.39. The lowest BCUT2D eigenvalue weighted by atomic mass is 10.1. The molecule has 1 atom stereocenters. The molecule has 1 aromatic rings. The van der Waals surface area contributed by atoms with E-state index >= 15 is 0 Å². The van der Waals surface area contributed by atoms with Gasteiger partial charge in [-0.15, -0.1) is 0 Å². The van der Waals surface area contributed by atoms with Gasteiger partial charge in [0.25, 0.3) is 0 Å². The van der Waals surface area contributed by atoms with Crippen LogP contribution in [0, 0.1) is 0 Å². The third kappa shape index (κ3) is 1.50. The maximum atomic E-state index is 10.7. The molecule has 1 aromatic heterocycles. The lowest BCUT2D eigenvalue weighted by Gasteiger charge is -2.25. The van der Waals surface area contributed by atoms with Crippen molar-refractivity contribution in [2.45, 2.75) is 18.9 Å². The van der Waals surface area contributed by atoms with Gasteiger partial charge in [-0.3, -0.25) is 9.48 Å². The highest BCUT2D eigenvalue weighted by Crippen LogP contribution is 2.20. The molecule has 1 aliphatic rings. The van der Waals surface area contributed by atoms with Crippen LogP contribution in [-0.4, -0.2) is 34.1 Å². The van der Waals surface area contributed by atoms with E-state index in [0.29, 0.717) is 13.2 Å². The Morgan fingerprint density at radius 1 is 1.79 bits per heavy atom. The first-order valence-electron chi connectivity index (χ1n) is 4.53. The fourth-order valence-corrected chi connectivity index (χ4v) is 1.29. The summed E-state index contributed by atoms with van der Waals surface area (Å²) in [5.41, 5.74) is 0.740. The van der Waals surface area contributed by atoms with Crippen LogP contribution < -0.4 is 0 Å². The molecule has 1 aliphatic heterocycles. The molecule has 0 amide bonds. The highest BCUT2D eigenvalue weighted by atomic mass is 16.5. The first-order valence-corrected chi connectivity index (χ1v) is 4.53. The molecule has 2 rings (SSSR count). The van der Waals surface area contributed by atoms with E-state index in [2.05, 4.69) is 5.10 Å². The summed E-state index contributed by atoms with van der Waals surface area (Å²) < 4.78 is 6.81. The molecule has 1 N–H and O–H groups in total. The topological polar surface area (TPSA) is 64.3 Å². The van der Waals surface area contributed by atoms with Crippen molar-refractivity contribution in [2.24, 2.45) is 0 Å². The maximum absolute atomic E-state index is 10.7. The average molecular weight is 196 g/mol. The summed E-state index contributed by atoms with van der Waals surface area (Å²) in [6, 6.07) is 0.282. The quantitative estimate of drug-likeness (QED) is 0.770. The van der Waals surface area contributed by atoms with Gasteiger partial charge in [-0.1, -0.05) is 0 Å². The minimum atomic E-state index is -0.825. The van der Waals surface area contributed by atoms with Crippen molar-refractivity contribution < 1.29 is 14.6 Å². The second-order valence-corrected chi connectivity index (χ2v) is 3.50. The van der Waals surface area contributed by atoms with Gasteiger partial charge in [0, 0.05) is 11.8 Å². The van der Waals surface area contributed by atoms with Gasteiger partial charge in [-0.2, -0.15) is 5.10 Å². The van der Waals surface area contributed by atoms with E-state index < -0.39 is 11.9 Å². The van der Waals surface area contributed by atoms with E-state index in [1.807, 2.05) is 0 Å². The van der Waals surface area contributed by atoms with Crippen LogP contribution in [0.25, 0.3) is 0 Å². The number of carbonyl (C=O) groups is 1. The molecule has 0 saturated carbocycles. The third-order valence-electron chi connectivity index (χ3n) is 2.49. The van der Waals surface area contributed by atoms with Crippen LogP contribution >= 0.6 is 0 Å². The van der Waals surface area contributed by atoms with Gasteiger partial charge in [-0.25, -0.2) is 0 Å². The van der Waals surface area contributed by atoms with Gasteiger partial charge in [0.05, 0.1) is 31.4 Å². The van der Waals surface area contributed by atoms with Crippen molar-refractivity contribution in [2.75, 3.05) is 13.2 Å². The molecule has 2 heterocycles. The van der Waals surface area contributed by atoms with E-state index in [4.69, 9.17) is 9.84 Å². The van der Waals surface area contributed by atoms with Gasteiger partial charge in [0.1, 0.15) is 0 Å². The van der Waals surface area contributed by atoms with Crippen LogP contribution in [0.2, 0.25) is 0 Å². The number of carboxylic acid groups (broad SMARTS) is 1. The van der Waals surface area contributed by atoms with Crippen molar-refractivity contribution >= 4 is 5.97 Å².